The van der Waals surface area contributed by atoms with Crippen molar-refractivity contribution in [1.29, 1.82) is 0 Å². The molecule has 0 spiro atoms. The van der Waals surface area contributed by atoms with E-state index >= 15 is 0 Å². The predicted octanol–water partition coefficient (Wildman–Crippen LogP) is 3.53. The van der Waals surface area contributed by atoms with E-state index in [1.54, 1.807) is 38.2 Å². The molecule has 2 aliphatic rings. The summed E-state index contributed by atoms with van der Waals surface area (Å²) in [5.41, 5.74) is 2.96. The first-order chi connectivity index (χ1) is 15.9. The van der Waals surface area contributed by atoms with Gasteiger partial charge in [-0.15, -0.1) is 0 Å². The molecule has 0 fully saturated rings. The van der Waals surface area contributed by atoms with E-state index in [1.165, 1.54) is 5.57 Å². The zero-order valence-corrected chi connectivity index (χ0v) is 18.8. The van der Waals surface area contributed by atoms with Crippen molar-refractivity contribution in [2.75, 3.05) is 24.3 Å². The first-order valence-corrected chi connectivity index (χ1v) is 10.8. The molecule has 0 atom stereocenters. The van der Waals surface area contributed by atoms with Crippen LogP contribution in [-0.4, -0.2) is 46.3 Å². The summed E-state index contributed by atoms with van der Waals surface area (Å²) >= 11 is 0. The molecule has 0 bridgehead atoms. The van der Waals surface area contributed by atoms with Gasteiger partial charge >= 0.3 is 5.97 Å². The highest BCUT2D eigenvalue weighted by Crippen LogP contribution is 2.29. The van der Waals surface area contributed by atoms with Crippen LogP contribution in [0, 0.1) is 0 Å². The molecule has 1 aliphatic carbocycles. The summed E-state index contributed by atoms with van der Waals surface area (Å²) in [4.78, 5) is 48.7. The number of hydrogen-bond donors (Lipinski definition) is 2. The summed E-state index contributed by atoms with van der Waals surface area (Å²) in [5.74, 6) is -1.01. The first-order valence-electron chi connectivity index (χ1n) is 10.8. The smallest absolute Gasteiger partial charge is 0.343 e. The largest absolute Gasteiger partial charge is 0.462 e. The third-order valence-electron chi connectivity index (χ3n) is 5.44. The number of carbonyl (C=O) groups excluding carboxylic acids is 3. The van der Waals surface area contributed by atoms with E-state index in [9.17, 15) is 14.4 Å². The summed E-state index contributed by atoms with van der Waals surface area (Å²) in [5, 5.41) is 6.08. The van der Waals surface area contributed by atoms with E-state index in [1.807, 2.05) is 19.1 Å². The molecule has 1 aromatic heterocycles. The van der Waals surface area contributed by atoms with Gasteiger partial charge in [0.1, 0.15) is 5.56 Å². The van der Waals surface area contributed by atoms with Gasteiger partial charge in [0, 0.05) is 12.7 Å². The van der Waals surface area contributed by atoms with Gasteiger partial charge in [-0.3, -0.25) is 14.5 Å². The van der Waals surface area contributed by atoms with Crippen molar-refractivity contribution in [2.24, 2.45) is 0 Å². The van der Waals surface area contributed by atoms with E-state index in [0.717, 1.165) is 23.4 Å². The number of imide groups is 1. The lowest BCUT2D eigenvalue weighted by atomic mass is 10.0. The zero-order chi connectivity index (χ0) is 23.5. The molecule has 33 heavy (non-hydrogen) atoms. The first kappa shape index (κ1) is 22.2. The SMILES string of the molecule is CCOC(=O)c1c(CN2C(=O)c3ccccc3C2=O)nc(NC)nc1NC1=CCCC(C)=C1. The third kappa shape index (κ3) is 4.34. The number of fused-ring (bicyclic) bond motifs is 1. The van der Waals surface area contributed by atoms with E-state index < -0.39 is 17.8 Å². The Kier molecular flexibility index (Phi) is 6.21. The van der Waals surface area contributed by atoms with Crippen LogP contribution in [0.2, 0.25) is 0 Å². The molecule has 170 valence electrons. The minimum absolute atomic E-state index is 0.0879. The van der Waals surface area contributed by atoms with E-state index in [2.05, 4.69) is 20.6 Å². The molecule has 0 saturated carbocycles. The quantitative estimate of drug-likeness (QED) is 0.490. The van der Waals surface area contributed by atoms with E-state index in [4.69, 9.17) is 4.74 Å². The van der Waals surface area contributed by atoms with Crippen molar-refractivity contribution < 1.29 is 19.1 Å². The Hall–Kier alpha value is -4.01. The topological polar surface area (TPSA) is 114 Å². The average molecular weight is 447 g/mol. The zero-order valence-electron chi connectivity index (χ0n) is 18.8. The van der Waals surface area contributed by atoms with Gasteiger partial charge in [-0.1, -0.05) is 23.8 Å². The molecular formula is C24H25N5O4. The second-order valence-electron chi connectivity index (χ2n) is 7.74. The van der Waals surface area contributed by atoms with Crippen molar-refractivity contribution in [3.05, 3.63) is 70.1 Å². The Morgan fingerprint density at radius 1 is 1.15 bits per heavy atom. The van der Waals surface area contributed by atoms with Crippen LogP contribution in [0.3, 0.4) is 0 Å². The number of nitrogens with zero attached hydrogens (tertiary/aromatic N) is 3. The van der Waals surface area contributed by atoms with Gasteiger partial charge < -0.3 is 15.4 Å². The van der Waals surface area contributed by atoms with Gasteiger partial charge in [0.25, 0.3) is 11.8 Å². The lowest BCUT2D eigenvalue weighted by Crippen LogP contribution is -2.31. The van der Waals surface area contributed by atoms with Gasteiger partial charge in [0.05, 0.1) is 30.0 Å². The fourth-order valence-corrected chi connectivity index (χ4v) is 3.85. The number of carbonyl (C=O) groups is 3. The van der Waals surface area contributed by atoms with Crippen molar-refractivity contribution in [1.82, 2.24) is 14.9 Å². The molecule has 2 N–H and O–H groups in total. The number of benzene rings is 1. The number of amides is 2. The summed E-state index contributed by atoms with van der Waals surface area (Å²) < 4.78 is 5.27. The van der Waals surface area contributed by atoms with Crippen LogP contribution in [0.15, 0.2) is 47.7 Å². The van der Waals surface area contributed by atoms with Gasteiger partial charge in [-0.2, -0.15) is 4.98 Å². The highest BCUT2D eigenvalue weighted by Gasteiger charge is 2.37. The van der Waals surface area contributed by atoms with Crippen molar-refractivity contribution in [2.45, 2.75) is 33.2 Å². The molecule has 1 aromatic carbocycles. The number of nitrogens with one attached hydrogen (secondary N) is 2. The van der Waals surface area contributed by atoms with Gasteiger partial charge in [-0.25, -0.2) is 9.78 Å². The van der Waals surface area contributed by atoms with Crippen LogP contribution >= 0.6 is 0 Å². The summed E-state index contributed by atoms with van der Waals surface area (Å²) in [6.45, 7) is 3.70. The molecule has 0 radical (unpaired) electrons. The molecular weight excluding hydrogens is 422 g/mol. The van der Waals surface area contributed by atoms with Crippen LogP contribution < -0.4 is 10.6 Å². The maximum Gasteiger partial charge on any atom is 0.343 e. The Balaban J connectivity index is 1.77. The number of hydrogen-bond acceptors (Lipinski definition) is 8. The predicted molar refractivity (Wildman–Crippen MR) is 123 cm³/mol. The van der Waals surface area contributed by atoms with Gasteiger partial charge in [-0.05, 0) is 44.9 Å². The van der Waals surface area contributed by atoms with Crippen LogP contribution in [0.1, 0.15) is 63.5 Å². The lowest BCUT2D eigenvalue weighted by Gasteiger charge is -2.20. The van der Waals surface area contributed by atoms with Crippen molar-refractivity contribution in [3.63, 3.8) is 0 Å². The number of ether oxygens (including phenoxy) is 1. The average Bonchev–Trinajstić information content (AvgIpc) is 3.04. The number of rotatable bonds is 7. The minimum Gasteiger partial charge on any atom is -0.462 e. The van der Waals surface area contributed by atoms with Crippen molar-refractivity contribution in [3.8, 4) is 0 Å². The van der Waals surface area contributed by atoms with E-state index in [-0.39, 0.29) is 36.2 Å². The maximum absolute atomic E-state index is 13.0. The second kappa shape index (κ2) is 9.23. The number of allylic oxidation sites excluding steroid dienone is 3. The minimum atomic E-state index is -0.633. The molecule has 2 aromatic rings. The molecule has 2 amide bonds. The van der Waals surface area contributed by atoms with Crippen LogP contribution in [0.25, 0.3) is 0 Å². The Morgan fingerprint density at radius 2 is 1.85 bits per heavy atom. The van der Waals surface area contributed by atoms with Crippen LogP contribution in [0.5, 0.6) is 0 Å². The molecule has 9 heteroatoms. The summed E-state index contributed by atoms with van der Waals surface area (Å²) in [7, 11) is 1.65. The van der Waals surface area contributed by atoms with Gasteiger partial charge in [0.15, 0.2) is 5.82 Å². The Morgan fingerprint density at radius 3 is 2.45 bits per heavy atom. The molecule has 9 nitrogen and oxygen atoms in total. The summed E-state index contributed by atoms with van der Waals surface area (Å²) in [6, 6.07) is 6.63. The van der Waals surface area contributed by atoms with Crippen LogP contribution in [-0.2, 0) is 11.3 Å². The lowest BCUT2D eigenvalue weighted by molar-refractivity contribution is 0.0516. The normalized spacial score (nSPS) is 15.1. The standard InChI is InChI=1S/C24H25N5O4/c1-4-33-23(32)19-18(13-29-21(30)16-10-5-6-11-17(16)22(29)31)27-24(25-3)28-20(19)26-15-9-7-8-14(2)12-15/h5-6,9-12H,4,7-8,13H2,1-3H3,(H2,25,26,27,28). The fraction of sp³-hybridized carbons (Fsp3) is 0.292. The van der Waals surface area contributed by atoms with Crippen LogP contribution in [0.4, 0.5) is 11.8 Å². The molecule has 4 rings (SSSR count). The van der Waals surface area contributed by atoms with E-state index in [0.29, 0.717) is 11.1 Å². The number of esters is 1. The van der Waals surface area contributed by atoms with Gasteiger partial charge in [0.2, 0.25) is 5.95 Å². The molecule has 2 heterocycles. The highest BCUT2D eigenvalue weighted by molar-refractivity contribution is 6.21. The second-order valence-corrected chi connectivity index (χ2v) is 7.74. The number of anilines is 2. The monoisotopic (exact) mass is 447 g/mol. The molecule has 0 saturated heterocycles. The highest BCUT2D eigenvalue weighted by atomic mass is 16.5. The molecule has 0 unspecified atom stereocenters. The number of aromatic nitrogens is 2. The fourth-order valence-electron chi connectivity index (χ4n) is 3.85. The third-order valence-corrected chi connectivity index (χ3v) is 5.44. The Bertz CT molecular complexity index is 1170. The van der Waals surface area contributed by atoms with Crippen molar-refractivity contribution >= 4 is 29.5 Å². The molecule has 1 aliphatic heterocycles. The maximum atomic E-state index is 13.0. The Labute approximate surface area is 191 Å². The summed E-state index contributed by atoms with van der Waals surface area (Å²) in [6.07, 6.45) is 5.84.